The summed E-state index contributed by atoms with van der Waals surface area (Å²) in [5, 5.41) is 13.6. The van der Waals surface area contributed by atoms with Crippen LogP contribution in [0.4, 0.5) is 4.39 Å². The normalized spacial score (nSPS) is 12.9. The van der Waals surface area contributed by atoms with Gasteiger partial charge in [0.25, 0.3) is 0 Å². The van der Waals surface area contributed by atoms with Gasteiger partial charge in [-0.15, -0.1) is 10.2 Å². The molecule has 124 valence electrons. The van der Waals surface area contributed by atoms with Crippen LogP contribution < -0.4 is 9.47 Å². The summed E-state index contributed by atoms with van der Waals surface area (Å²) in [7, 11) is 0. The standard InChI is InChI=1S/C16H8ClFN4O2S/c17-10-5-9(1-3-11(10)18)15-21-22-14(19-20-16(22)25-15)8-2-4-12-13(6-8)24-7-23-12/h1-6H,7H2. The van der Waals surface area contributed by atoms with Crippen LogP contribution in [-0.2, 0) is 0 Å². The van der Waals surface area contributed by atoms with Crippen molar-refractivity contribution in [3.63, 3.8) is 0 Å². The lowest BCUT2D eigenvalue weighted by Gasteiger charge is -2.00. The van der Waals surface area contributed by atoms with Crippen LogP contribution in [0.5, 0.6) is 11.5 Å². The molecule has 0 saturated heterocycles. The SMILES string of the molecule is Fc1ccc(-c2nn3c(-c4ccc5c(c4)OCO5)nnc3s2)cc1Cl. The maximum Gasteiger partial charge on any atom is 0.235 e. The van der Waals surface area contributed by atoms with Crippen LogP contribution in [0.2, 0.25) is 5.02 Å². The van der Waals surface area contributed by atoms with Gasteiger partial charge in [-0.25, -0.2) is 4.39 Å². The van der Waals surface area contributed by atoms with Crippen LogP contribution in [0.1, 0.15) is 0 Å². The van der Waals surface area contributed by atoms with E-state index in [9.17, 15) is 4.39 Å². The Bertz CT molecular complexity index is 1130. The van der Waals surface area contributed by atoms with E-state index in [1.807, 2.05) is 18.2 Å². The second-order valence-corrected chi connectivity index (χ2v) is 6.69. The topological polar surface area (TPSA) is 61.5 Å². The van der Waals surface area contributed by atoms with Crippen molar-refractivity contribution in [3.8, 4) is 33.5 Å². The average Bonchev–Trinajstić information content (AvgIpc) is 3.31. The summed E-state index contributed by atoms with van der Waals surface area (Å²) in [6.45, 7) is 0.209. The predicted octanol–water partition coefficient (Wildman–Crippen LogP) is 4.04. The molecule has 0 fully saturated rings. The van der Waals surface area contributed by atoms with Gasteiger partial charge in [0.15, 0.2) is 17.3 Å². The zero-order valence-corrected chi connectivity index (χ0v) is 14.0. The van der Waals surface area contributed by atoms with Gasteiger partial charge in [-0.05, 0) is 36.4 Å². The lowest BCUT2D eigenvalue weighted by atomic mass is 10.2. The minimum atomic E-state index is -0.463. The summed E-state index contributed by atoms with van der Waals surface area (Å²) in [5.74, 6) is 1.48. The van der Waals surface area contributed by atoms with Crippen LogP contribution in [0.3, 0.4) is 0 Å². The highest BCUT2D eigenvalue weighted by atomic mass is 35.5. The molecule has 6 nitrogen and oxygen atoms in total. The third kappa shape index (κ3) is 2.33. The maximum atomic E-state index is 13.4. The smallest absolute Gasteiger partial charge is 0.235 e. The van der Waals surface area contributed by atoms with Crippen LogP contribution >= 0.6 is 22.9 Å². The first-order valence-electron chi connectivity index (χ1n) is 7.27. The Kier molecular flexibility index (Phi) is 3.16. The molecule has 0 saturated carbocycles. The molecule has 9 heteroatoms. The van der Waals surface area contributed by atoms with Crippen LogP contribution in [-0.4, -0.2) is 26.6 Å². The van der Waals surface area contributed by atoms with Gasteiger partial charge in [-0.3, -0.25) is 0 Å². The number of halogens is 2. The lowest BCUT2D eigenvalue weighted by Crippen LogP contribution is -1.93. The van der Waals surface area contributed by atoms with E-state index in [0.717, 1.165) is 11.1 Å². The average molecular weight is 375 g/mol. The van der Waals surface area contributed by atoms with Crippen LogP contribution in [0, 0.1) is 5.82 Å². The Morgan fingerprint density at radius 1 is 1.04 bits per heavy atom. The molecule has 0 aliphatic carbocycles. The number of hydrogen-bond donors (Lipinski definition) is 0. The molecule has 0 unspecified atom stereocenters. The lowest BCUT2D eigenvalue weighted by molar-refractivity contribution is 0.174. The van der Waals surface area contributed by atoms with Crippen LogP contribution in [0.25, 0.3) is 26.9 Å². The maximum absolute atomic E-state index is 13.4. The molecule has 3 heterocycles. The van der Waals surface area contributed by atoms with E-state index in [0.29, 0.717) is 27.3 Å². The fourth-order valence-electron chi connectivity index (χ4n) is 2.58. The largest absolute Gasteiger partial charge is 0.454 e. The Morgan fingerprint density at radius 2 is 1.88 bits per heavy atom. The van der Waals surface area contributed by atoms with Gasteiger partial charge < -0.3 is 9.47 Å². The van der Waals surface area contributed by atoms with Gasteiger partial charge in [0, 0.05) is 11.1 Å². The Morgan fingerprint density at radius 3 is 2.76 bits per heavy atom. The molecule has 0 radical (unpaired) electrons. The minimum Gasteiger partial charge on any atom is -0.454 e. The van der Waals surface area contributed by atoms with Gasteiger partial charge in [-0.1, -0.05) is 22.9 Å². The highest BCUT2D eigenvalue weighted by Gasteiger charge is 2.19. The summed E-state index contributed by atoms with van der Waals surface area (Å²) >= 11 is 7.21. The Hall–Kier alpha value is -2.71. The van der Waals surface area contributed by atoms with Gasteiger partial charge in [0.1, 0.15) is 10.8 Å². The monoisotopic (exact) mass is 374 g/mol. The third-order valence-corrected chi connectivity index (χ3v) is 5.03. The molecule has 0 N–H and O–H groups in total. The molecule has 5 rings (SSSR count). The van der Waals surface area contributed by atoms with E-state index in [1.54, 1.807) is 16.6 Å². The molecule has 0 atom stereocenters. The number of rotatable bonds is 2. The van der Waals surface area contributed by atoms with E-state index >= 15 is 0 Å². The molecule has 0 spiro atoms. The number of hydrogen-bond acceptors (Lipinski definition) is 6. The summed E-state index contributed by atoms with van der Waals surface area (Å²) in [5.41, 5.74) is 1.53. The van der Waals surface area contributed by atoms with E-state index in [4.69, 9.17) is 21.1 Å². The predicted molar refractivity (Wildman–Crippen MR) is 90.6 cm³/mol. The molecule has 2 aromatic carbocycles. The van der Waals surface area contributed by atoms with E-state index in [2.05, 4.69) is 15.3 Å². The number of fused-ring (bicyclic) bond motifs is 2. The zero-order valence-electron chi connectivity index (χ0n) is 12.4. The Labute approximate surface area is 149 Å². The molecule has 4 aromatic rings. The second-order valence-electron chi connectivity index (χ2n) is 5.32. The van der Waals surface area contributed by atoms with Crippen molar-refractivity contribution in [1.29, 1.82) is 0 Å². The van der Waals surface area contributed by atoms with Gasteiger partial charge >= 0.3 is 0 Å². The first-order chi connectivity index (χ1) is 12.2. The van der Waals surface area contributed by atoms with Gasteiger partial charge in [-0.2, -0.15) is 9.61 Å². The van der Waals surface area contributed by atoms with Crippen molar-refractivity contribution in [1.82, 2.24) is 19.8 Å². The van der Waals surface area contributed by atoms with Gasteiger partial charge in [0.2, 0.25) is 11.8 Å². The summed E-state index contributed by atoms with van der Waals surface area (Å²) < 4.78 is 25.7. The number of ether oxygens (including phenoxy) is 2. The van der Waals surface area contributed by atoms with Crippen molar-refractivity contribution in [2.45, 2.75) is 0 Å². The number of nitrogens with zero attached hydrogens (tertiary/aromatic N) is 4. The summed E-state index contributed by atoms with van der Waals surface area (Å²) in [4.78, 5) is 0.628. The minimum absolute atomic E-state index is 0.0551. The first kappa shape index (κ1) is 14.6. The molecule has 25 heavy (non-hydrogen) atoms. The van der Waals surface area contributed by atoms with Crippen molar-refractivity contribution >= 4 is 27.9 Å². The molecule has 1 aliphatic rings. The van der Waals surface area contributed by atoms with E-state index in [-0.39, 0.29) is 11.8 Å². The van der Waals surface area contributed by atoms with Crippen molar-refractivity contribution in [2.24, 2.45) is 0 Å². The molecule has 0 bridgehead atoms. The second kappa shape index (κ2) is 5.40. The highest BCUT2D eigenvalue weighted by Crippen LogP contribution is 2.36. The highest BCUT2D eigenvalue weighted by molar-refractivity contribution is 7.19. The Balaban J connectivity index is 1.61. The van der Waals surface area contributed by atoms with Gasteiger partial charge in [0.05, 0.1) is 5.02 Å². The van der Waals surface area contributed by atoms with E-state index < -0.39 is 5.82 Å². The molecular formula is C16H8ClFN4O2S. The van der Waals surface area contributed by atoms with Crippen molar-refractivity contribution in [3.05, 3.63) is 47.2 Å². The summed E-state index contributed by atoms with van der Waals surface area (Å²) in [6, 6.07) is 10.0. The number of aromatic nitrogens is 4. The molecular weight excluding hydrogens is 367 g/mol. The third-order valence-electron chi connectivity index (χ3n) is 3.79. The van der Waals surface area contributed by atoms with Crippen molar-refractivity contribution in [2.75, 3.05) is 6.79 Å². The first-order valence-corrected chi connectivity index (χ1v) is 8.46. The number of benzene rings is 2. The van der Waals surface area contributed by atoms with Crippen LogP contribution in [0.15, 0.2) is 36.4 Å². The summed E-state index contributed by atoms with van der Waals surface area (Å²) in [6.07, 6.45) is 0. The zero-order chi connectivity index (χ0) is 17.0. The fraction of sp³-hybridized carbons (Fsp3) is 0.0625. The molecule has 2 aromatic heterocycles. The molecule has 0 amide bonds. The molecule has 1 aliphatic heterocycles. The van der Waals surface area contributed by atoms with E-state index in [1.165, 1.54) is 17.4 Å². The van der Waals surface area contributed by atoms with Crippen molar-refractivity contribution < 1.29 is 13.9 Å². The fourth-order valence-corrected chi connectivity index (χ4v) is 3.59. The quantitative estimate of drug-likeness (QED) is 0.530.